The number of anilines is 1. The standard InChI is InChI=1S/C26H23N3OS/c1-16-13-21-23(14-17(16)2)29-25(30)24(31-26(29)27-21)15-18-9-10-22(28-11-5-6-12-28)20-8-4-3-7-19(18)20/h3-4,7-10,13-15H,5-6,11-12H2,1-2H3/b24-15-. The summed E-state index contributed by atoms with van der Waals surface area (Å²) in [7, 11) is 0. The van der Waals surface area contributed by atoms with E-state index in [9.17, 15) is 4.79 Å². The lowest BCUT2D eigenvalue weighted by molar-refractivity contribution is 0.949. The van der Waals surface area contributed by atoms with Crippen LogP contribution in [-0.4, -0.2) is 22.5 Å². The maximum Gasteiger partial charge on any atom is 0.274 e. The lowest BCUT2D eigenvalue weighted by Gasteiger charge is -2.20. The molecule has 3 aromatic carbocycles. The number of hydrogen-bond donors (Lipinski definition) is 0. The van der Waals surface area contributed by atoms with Crippen molar-refractivity contribution in [2.75, 3.05) is 18.0 Å². The molecular weight excluding hydrogens is 402 g/mol. The lowest BCUT2D eigenvalue weighted by atomic mass is 10.0. The molecule has 5 heteroatoms. The van der Waals surface area contributed by atoms with Gasteiger partial charge in [-0.05, 0) is 73.0 Å². The molecule has 0 spiro atoms. The first-order valence-corrected chi connectivity index (χ1v) is 11.6. The van der Waals surface area contributed by atoms with Gasteiger partial charge >= 0.3 is 0 Å². The summed E-state index contributed by atoms with van der Waals surface area (Å²) in [6.07, 6.45) is 4.54. The van der Waals surface area contributed by atoms with Crippen molar-refractivity contribution in [1.29, 1.82) is 0 Å². The molecule has 1 aliphatic rings. The Labute approximate surface area is 184 Å². The van der Waals surface area contributed by atoms with Gasteiger partial charge in [0.25, 0.3) is 5.56 Å². The molecule has 4 nitrogen and oxygen atoms in total. The maximum absolute atomic E-state index is 13.3. The van der Waals surface area contributed by atoms with E-state index < -0.39 is 0 Å². The summed E-state index contributed by atoms with van der Waals surface area (Å²) in [5, 5.41) is 2.44. The zero-order chi connectivity index (χ0) is 21.1. The van der Waals surface area contributed by atoms with Crippen molar-refractivity contribution in [3.05, 3.63) is 80.1 Å². The third-order valence-electron chi connectivity index (χ3n) is 6.52. The van der Waals surface area contributed by atoms with Crippen LogP contribution in [0.3, 0.4) is 0 Å². The van der Waals surface area contributed by atoms with E-state index in [1.54, 1.807) is 4.40 Å². The number of imidazole rings is 1. The van der Waals surface area contributed by atoms with Gasteiger partial charge in [-0.25, -0.2) is 9.38 Å². The number of thiazole rings is 1. The fraction of sp³-hybridized carbons (Fsp3) is 0.231. The Balaban J connectivity index is 1.57. The minimum atomic E-state index is 0.0125. The van der Waals surface area contributed by atoms with Crippen molar-refractivity contribution in [2.45, 2.75) is 26.7 Å². The second-order valence-corrected chi connectivity index (χ2v) is 9.49. The van der Waals surface area contributed by atoms with Crippen LogP contribution in [0.4, 0.5) is 5.69 Å². The van der Waals surface area contributed by atoms with Crippen molar-refractivity contribution < 1.29 is 0 Å². The van der Waals surface area contributed by atoms with Crippen molar-refractivity contribution in [3.63, 3.8) is 0 Å². The highest BCUT2D eigenvalue weighted by molar-refractivity contribution is 7.15. The first-order chi connectivity index (χ1) is 15.1. The van der Waals surface area contributed by atoms with E-state index in [4.69, 9.17) is 4.98 Å². The molecule has 3 heterocycles. The van der Waals surface area contributed by atoms with E-state index in [0.29, 0.717) is 0 Å². The molecule has 6 rings (SSSR count). The average Bonchev–Trinajstić information content (AvgIpc) is 3.48. The summed E-state index contributed by atoms with van der Waals surface area (Å²) in [5.74, 6) is 0. The average molecular weight is 426 g/mol. The highest BCUT2D eigenvalue weighted by Crippen LogP contribution is 2.32. The predicted molar refractivity (Wildman–Crippen MR) is 130 cm³/mol. The molecule has 0 bridgehead atoms. The van der Waals surface area contributed by atoms with E-state index in [0.717, 1.165) is 39.2 Å². The SMILES string of the molecule is Cc1cc2nc3s/c(=C\c4ccc(N5CCCC5)c5ccccc45)c(=O)n3c2cc1C. The predicted octanol–water partition coefficient (Wildman–Crippen LogP) is 4.83. The van der Waals surface area contributed by atoms with Gasteiger partial charge in [-0.2, -0.15) is 0 Å². The van der Waals surface area contributed by atoms with Crippen LogP contribution >= 0.6 is 11.3 Å². The molecule has 0 radical (unpaired) electrons. The zero-order valence-electron chi connectivity index (χ0n) is 17.7. The van der Waals surface area contributed by atoms with Crippen LogP contribution in [0.25, 0.3) is 32.8 Å². The number of aromatic nitrogens is 2. The normalized spacial score (nSPS) is 15.2. The largest absolute Gasteiger partial charge is 0.371 e. The zero-order valence-corrected chi connectivity index (χ0v) is 18.5. The molecule has 1 fully saturated rings. The Morgan fingerprint density at radius 2 is 1.71 bits per heavy atom. The molecule has 0 aliphatic carbocycles. The van der Waals surface area contributed by atoms with Gasteiger partial charge in [-0.3, -0.25) is 4.79 Å². The molecule has 31 heavy (non-hydrogen) atoms. The van der Waals surface area contributed by atoms with Gasteiger partial charge < -0.3 is 4.90 Å². The second-order valence-electron chi connectivity index (χ2n) is 8.48. The smallest absolute Gasteiger partial charge is 0.274 e. The minimum Gasteiger partial charge on any atom is -0.371 e. The van der Waals surface area contributed by atoms with Crippen LogP contribution in [0.2, 0.25) is 0 Å². The molecule has 0 saturated carbocycles. The first kappa shape index (κ1) is 18.6. The first-order valence-electron chi connectivity index (χ1n) is 10.8. The summed E-state index contributed by atoms with van der Waals surface area (Å²) >= 11 is 1.47. The summed E-state index contributed by atoms with van der Waals surface area (Å²) < 4.78 is 2.49. The summed E-state index contributed by atoms with van der Waals surface area (Å²) in [5.41, 5.74) is 6.54. The Morgan fingerprint density at radius 3 is 2.52 bits per heavy atom. The van der Waals surface area contributed by atoms with Crippen molar-refractivity contribution >= 4 is 49.9 Å². The maximum atomic E-state index is 13.3. The van der Waals surface area contributed by atoms with Crippen molar-refractivity contribution in [2.24, 2.45) is 0 Å². The van der Waals surface area contributed by atoms with Crippen LogP contribution in [0.15, 0.2) is 53.3 Å². The lowest BCUT2D eigenvalue weighted by Crippen LogP contribution is -2.22. The number of hydrogen-bond acceptors (Lipinski definition) is 4. The van der Waals surface area contributed by atoms with Crippen molar-refractivity contribution in [1.82, 2.24) is 9.38 Å². The van der Waals surface area contributed by atoms with Gasteiger partial charge in [0.05, 0.1) is 15.6 Å². The van der Waals surface area contributed by atoms with E-state index >= 15 is 0 Å². The molecule has 154 valence electrons. The molecule has 1 saturated heterocycles. The Kier molecular flexibility index (Phi) is 4.15. The molecule has 0 N–H and O–H groups in total. The van der Waals surface area contributed by atoms with E-state index in [1.807, 2.05) is 6.08 Å². The van der Waals surface area contributed by atoms with Gasteiger partial charge in [0.15, 0.2) is 4.96 Å². The summed E-state index contributed by atoms with van der Waals surface area (Å²) in [6, 6.07) is 17.0. The van der Waals surface area contributed by atoms with Crippen LogP contribution in [-0.2, 0) is 0 Å². The van der Waals surface area contributed by atoms with Crippen LogP contribution in [0.1, 0.15) is 29.5 Å². The topological polar surface area (TPSA) is 37.6 Å². The molecule has 5 aromatic rings. The third kappa shape index (κ3) is 2.87. The monoisotopic (exact) mass is 425 g/mol. The Morgan fingerprint density at radius 1 is 0.968 bits per heavy atom. The molecule has 0 atom stereocenters. The number of fused-ring (bicyclic) bond motifs is 4. The van der Waals surface area contributed by atoms with Gasteiger partial charge in [0.2, 0.25) is 0 Å². The van der Waals surface area contributed by atoms with Crippen LogP contribution < -0.4 is 15.0 Å². The van der Waals surface area contributed by atoms with Gasteiger partial charge in [-0.15, -0.1) is 0 Å². The molecular formula is C26H23N3OS. The summed E-state index contributed by atoms with van der Waals surface area (Å²) in [6.45, 7) is 6.39. The number of rotatable bonds is 2. The quantitative estimate of drug-likeness (QED) is 0.407. The molecule has 2 aromatic heterocycles. The number of benzene rings is 3. The van der Waals surface area contributed by atoms with Gasteiger partial charge in [0.1, 0.15) is 0 Å². The van der Waals surface area contributed by atoms with E-state index in [1.165, 1.54) is 51.8 Å². The highest BCUT2D eigenvalue weighted by atomic mass is 32.1. The van der Waals surface area contributed by atoms with Crippen LogP contribution in [0, 0.1) is 13.8 Å². The van der Waals surface area contributed by atoms with Gasteiger partial charge in [0, 0.05) is 24.2 Å². The van der Waals surface area contributed by atoms with Gasteiger partial charge in [-0.1, -0.05) is 41.7 Å². The Bertz CT molecular complexity index is 1590. The number of aryl methyl sites for hydroxylation is 2. The van der Waals surface area contributed by atoms with Crippen molar-refractivity contribution in [3.8, 4) is 0 Å². The molecule has 1 aliphatic heterocycles. The molecule has 0 unspecified atom stereocenters. The highest BCUT2D eigenvalue weighted by Gasteiger charge is 2.16. The fourth-order valence-corrected chi connectivity index (χ4v) is 5.70. The third-order valence-corrected chi connectivity index (χ3v) is 7.49. The second kappa shape index (κ2) is 6.92. The summed E-state index contributed by atoms with van der Waals surface area (Å²) in [4.78, 5) is 21.3. The van der Waals surface area contributed by atoms with E-state index in [2.05, 4.69) is 67.3 Å². The minimum absolute atomic E-state index is 0.0125. The molecule has 0 amide bonds. The Hall–Kier alpha value is -3.18. The number of nitrogens with zero attached hydrogens (tertiary/aromatic N) is 3. The van der Waals surface area contributed by atoms with E-state index in [-0.39, 0.29) is 5.56 Å². The van der Waals surface area contributed by atoms with Crippen LogP contribution in [0.5, 0.6) is 0 Å². The fourth-order valence-electron chi connectivity index (χ4n) is 4.73.